The predicted molar refractivity (Wildman–Crippen MR) is 157 cm³/mol. The highest BCUT2D eigenvalue weighted by molar-refractivity contribution is 5.89. The van der Waals surface area contributed by atoms with Crippen LogP contribution in [0.3, 0.4) is 0 Å². The van der Waals surface area contributed by atoms with Crippen LogP contribution in [0.15, 0.2) is 54.6 Å². The molecule has 0 spiro atoms. The lowest BCUT2D eigenvalue weighted by Gasteiger charge is -2.36. The third-order valence-electron chi connectivity index (χ3n) is 6.56. The van der Waals surface area contributed by atoms with Crippen LogP contribution in [0.4, 0.5) is 10.5 Å². The minimum atomic E-state index is -0.0951. The summed E-state index contributed by atoms with van der Waals surface area (Å²) < 4.78 is 10.9. The Bertz CT molecular complexity index is 1090. The van der Waals surface area contributed by atoms with Gasteiger partial charge in [-0.3, -0.25) is 9.69 Å². The minimum absolute atomic E-state index is 0.0793. The van der Waals surface area contributed by atoms with E-state index >= 15 is 0 Å². The van der Waals surface area contributed by atoms with Crippen molar-refractivity contribution < 1.29 is 19.1 Å². The summed E-state index contributed by atoms with van der Waals surface area (Å²) in [5.74, 6) is 1.75. The molecule has 8 nitrogen and oxygen atoms in total. The smallest absolute Gasteiger partial charge is 0.321 e. The third-order valence-corrected chi connectivity index (χ3v) is 6.56. The molecule has 1 heterocycles. The molecular formula is C31H44N4O4. The number of carbonyl (C=O) groups is 2. The Morgan fingerprint density at radius 3 is 2.36 bits per heavy atom. The van der Waals surface area contributed by atoms with Crippen LogP contribution in [0.5, 0.6) is 11.5 Å². The van der Waals surface area contributed by atoms with Crippen molar-refractivity contribution in [1.29, 1.82) is 0 Å². The first-order valence-corrected chi connectivity index (χ1v) is 13.8. The molecule has 1 aliphatic heterocycles. The highest BCUT2D eigenvalue weighted by Gasteiger charge is 2.24. The number of rotatable bonds is 11. The Balaban J connectivity index is 1.51. The van der Waals surface area contributed by atoms with Gasteiger partial charge in [-0.1, -0.05) is 51.1 Å². The molecule has 212 valence electrons. The highest BCUT2D eigenvalue weighted by Crippen LogP contribution is 2.21. The topological polar surface area (TPSA) is 74.3 Å². The molecule has 0 aromatic heterocycles. The van der Waals surface area contributed by atoms with Gasteiger partial charge in [0.15, 0.2) is 0 Å². The highest BCUT2D eigenvalue weighted by atomic mass is 16.5. The van der Waals surface area contributed by atoms with Crippen LogP contribution in [0.25, 0.3) is 6.08 Å². The molecule has 0 atom stereocenters. The fraction of sp³-hybridized carbons (Fsp3) is 0.484. The van der Waals surface area contributed by atoms with E-state index in [9.17, 15) is 9.59 Å². The van der Waals surface area contributed by atoms with Crippen molar-refractivity contribution >= 4 is 23.7 Å². The lowest BCUT2D eigenvalue weighted by Crippen LogP contribution is -2.51. The maximum Gasteiger partial charge on any atom is 0.321 e. The molecule has 1 N–H and O–H groups in total. The summed E-state index contributed by atoms with van der Waals surface area (Å²) >= 11 is 0. The van der Waals surface area contributed by atoms with Gasteiger partial charge in [0.25, 0.3) is 0 Å². The third kappa shape index (κ3) is 9.94. The summed E-state index contributed by atoms with van der Waals surface area (Å²) in [5, 5.41) is 2.97. The van der Waals surface area contributed by atoms with Gasteiger partial charge in [0.05, 0.1) is 13.7 Å². The molecule has 0 bridgehead atoms. The van der Waals surface area contributed by atoms with Gasteiger partial charge in [-0.25, -0.2) is 4.79 Å². The second kappa shape index (κ2) is 14.6. The first-order chi connectivity index (χ1) is 18.7. The molecule has 3 rings (SSSR count). The van der Waals surface area contributed by atoms with Gasteiger partial charge in [0.2, 0.25) is 5.91 Å². The molecule has 1 fully saturated rings. The molecule has 0 saturated carbocycles. The van der Waals surface area contributed by atoms with Gasteiger partial charge in [0, 0.05) is 63.5 Å². The number of ether oxygens (including phenoxy) is 2. The molecule has 3 amide bonds. The van der Waals surface area contributed by atoms with E-state index in [0.717, 1.165) is 42.4 Å². The fourth-order valence-corrected chi connectivity index (χ4v) is 4.43. The van der Waals surface area contributed by atoms with Gasteiger partial charge in [-0.05, 0) is 42.7 Å². The first-order valence-electron chi connectivity index (χ1n) is 13.8. The summed E-state index contributed by atoms with van der Waals surface area (Å²) in [5.41, 5.74) is 1.66. The molecular weight excluding hydrogens is 492 g/mol. The lowest BCUT2D eigenvalue weighted by atomic mass is 9.91. The van der Waals surface area contributed by atoms with Crippen LogP contribution in [0.2, 0.25) is 0 Å². The van der Waals surface area contributed by atoms with Gasteiger partial charge in [-0.15, -0.1) is 0 Å². The van der Waals surface area contributed by atoms with Crippen LogP contribution >= 0.6 is 0 Å². The molecule has 0 aliphatic carbocycles. The van der Waals surface area contributed by atoms with Crippen molar-refractivity contribution in [3.63, 3.8) is 0 Å². The van der Waals surface area contributed by atoms with Gasteiger partial charge >= 0.3 is 6.03 Å². The zero-order chi connectivity index (χ0) is 28.3. The molecule has 8 heteroatoms. The second-order valence-corrected chi connectivity index (χ2v) is 10.9. The Labute approximate surface area is 233 Å². The molecule has 1 saturated heterocycles. The van der Waals surface area contributed by atoms with Crippen LogP contribution in [0.1, 0.15) is 39.7 Å². The number of para-hydroxylation sites is 1. The number of piperazine rings is 1. The average Bonchev–Trinajstić information content (AvgIpc) is 2.91. The number of urea groups is 1. The monoisotopic (exact) mass is 536 g/mol. The largest absolute Gasteiger partial charge is 0.496 e. The number of hydrogen-bond acceptors (Lipinski definition) is 5. The zero-order valence-corrected chi connectivity index (χ0v) is 24.1. The van der Waals surface area contributed by atoms with E-state index in [2.05, 4.69) is 31.0 Å². The lowest BCUT2D eigenvalue weighted by molar-refractivity contribution is -0.132. The molecule has 39 heavy (non-hydrogen) atoms. The summed E-state index contributed by atoms with van der Waals surface area (Å²) in [4.78, 5) is 32.0. The maximum atomic E-state index is 13.1. The van der Waals surface area contributed by atoms with Gasteiger partial charge in [0.1, 0.15) is 11.5 Å². The number of hydrogen-bond donors (Lipinski definition) is 1. The Morgan fingerprint density at radius 2 is 1.72 bits per heavy atom. The fourth-order valence-electron chi connectivity index (χ4n) is 4.43. The molecule has 1 aliphatic rings. The van der Waals surface area contributed by atoms with E-state index in [1.807, 2.05) is 77.4 Å². The predicted octanol–water partition coefficient (Wildman–Crippen LogP) is 5.22. The standard InChI is InChI=1S/C31H44N4O4/c1-6-39-27-15-13-26(14-16-27)32-30(37)35-22-19-33(20-23-35)18-21-34(29(36)24-31(2,3)4)17-9-11-25-10-7-8-12-28(25)38-5/h7-16H,6,17-24H2,1-5H3,(H,32,37). The molecule has 2 aromatic rings. The van der Waals surface area contributed by atoms with Crippen molar-refractivity contribution in [1.82, 2.24) is 14.7 Å². The second-order valence-electron chi connectivity index (χ2n) is 10.9. The van der Waals surface area contributed by atoms with E-state index in [0.29, 0.717) is 39.2 Å². The Kier molecular flexibility index (Phi) is 11.2. The number of nitrogens with zero attached hydrogens (tertiary/aromatic N) is 3. The molecule has 2 aromatic carbocycles. The number of carbonyl (C=O) groups excluding carboxylic acids is 2. The Hall–Kier alpha value is -3.52. The summed E-state index contributed by atoms with van der Waals surface area (Å²) in [7, 11) is 1.66. The maximum absolute atomic E-state index is 13.1. The van der Waals surface area contributed by atoms with Crippen LogP contribution in [-0.2, 0) is 4.79 Å². The van der Waals surface area contributed by atoms with E-state index in [1.165, 1.54) is 0 Å². The van der Waals surface area contributed by atoms with Crippen molar-refractivity contribution in [2.24, 2.45) is 5.41 Å². The SMILES string of the molecule is CCOc1ccc(NC(=O)N2CCN(CCN(CC=Cc3ccccc3OC)C(=O)CC(C)(C)C)CC2)cc1. The normalized spacial score (nSPS) is 14.3. The quantitative estimate of drug-likeness (QED) is 0.426. The van der Waals surface area contributed by atoms with Crippen LogP contribution in [-0.4, -0.2) is 86.2 Å². The van der Waals surface area contributed by atoms with E-state index in [4.69, 9.17) is 9.47 Å². The van der Waals surface area contributed by atoms with Crippen molar-refractivity contribution in [2.45, 2.75) is 34.1 Å². The van der Waals surface area contributed by atoms with Crippen LogP contribution < -0.4 is 14.8 Å². The number of nitrogens with one attached hydrogen (secondary N) is 1. The number of amides is 3. The number of anilines is 1. The molecule has 0 radical (unpaired) electrons. The van der Waals surface area contributed by atoms with Crippen molar-refractivity contribution in [3.05, 3.63) is 60.2 Å². The number of methoxy groups -OCH3 is 1. The minimum Gasteiger partial charge on any atom is -0.496 e. The van der Waals surface area contributed by atoms with Crippen molar-refractivity contribution in [3.8, 4) is 11.5 Å². The summed E-state index contributed by atoms with van der Waals surface area (Å²) in [6.45, 7) is 13.6. The van der Waals surface area contributed by atoms with Crippen molar-refractivity contribution in [2.75, 3.05) is 64.8 Å². The van der Waals surface area contributed by atoms with Gasteiger partial charge < -0.3 is 24.6 Å². The summed E-state index contributed by atoms with van der Waals surface area (Å²) in [6, 6.07) is 15.2. The van der Waals surface area contributed by atoms with E-state index in [1.54, 1.807) is 7.11 Å². The zero-order valence-electron chi connectivity index (χ0n) is 24.1. The first kappa shape index (κ1) is 30.0. The number of benzene rings is 2. The van der Waals surface area contributed by atoms with Gasteiger partial charge in [-0.2, -0.15) is 0 Å². The molecule has 0 unspecified atom stereocenters. The Morgan fingerprint density at radius 1 is 1.03 bits per heavy atom. The summed E-state index contributed by atoms with van der Waals surface area (Å²) in [6.07, 6.45) is 4.54. The van der Waals surface area contributed by atoms with E-state index in [-0.39, 0.29) is 17.4 Å². The van der Waals surface area contributed by atoms with Crippen LogP contribution in [0, 0.1) is 5.41 Å². The van der Waals surface area contributed by atoms with E-state index < -0.39 is 0 Å². The average molecular weight is 537 g/mol.